The maximum absolute atomic E-state index is 11.8. The molecule has 0 saturated heterocycles. The fourth-order valence-electron chi connectivity index (χ4n) is 1.75. The van der Waals surface area contributed by atoms with E-state index >= 15 is 0 Å². The molecule has 92 valence electrons. The lowest BCUT2D eigenvalue weighted by Crippen LogP contribution is -2.32. The van der Waals surface area contributed by atoms with E-state index in [1.165, 1.54) is 25.1 Å². The minimum atomic E-state index is -1.41. The number of aromatic hydroxyl groups is 1. The van der Waals surface area contributed by atoms with Gasteiger partial charge in [0.2, 0.25) is 0 Å². The first-order valence-electron chi connectivity index (χ1n) is 5.05. The van der Waals surface area contributed by atoms with E-state index in [0.29, 0.717) is 0 Å². The number of amides is 2. The van der Waals surface area contributed by atoms with Crippen molar-refractivity contribution in [3.05, 3.63) is 35.4 Å². The van der Waals surface area contributed by atoms with E-state index in [9.17, 15) is 19.5 Å². The van der Waals surface area contributed by atoms with E-state index in [-0.39, 0.29) is 11.3 Å². The van der Waals surface area contributed by atoms with Crippen molar-refractivity contribution in [2.45, 2.75) is 6.92 Å². The molecule has 0 unspecified atom stereocenters. The average molecular weight is 247 g/mol. The number of imide groups is 1. The molecule has 2 amide bonds. The van der Waals surface area contributed by atoms with Gasteiger partial charge in [-0.3, -0.25) is 9.59 Å². The summed E-state index contributed by atoms with van der Waals surface area (Å²) in [6.45, 7) is 1.46. The molecule has 0 saturated carbocycles. The molecule has 1 aliphatic rings. The minimum Gasteiger partial charge on any atom is -0.507 e. The van der Waals surface area contributed by atoms with Crippen LogP contribution in [0.25, 0.3) is 0 Å². The van der Waals surface area contributed by atoms with Gasteiger partial charge >= 0.3 is 5.97 Å². The highest BCUT2D eigenvalue weighted by atomic mass is 16.4. The molecule has 0 radical (unpaired) electrons. The quantitative estimate of drug-likeness (QED) is 0.757. The van der Waals surface area contributed by atoms with Gasteiger partial charge in [0, 0.05) is 11.6 Å². The third-order valence-electron chi connectivity index (χ3n) is 2.58. The Bertz CT molecular complexity index is 602. The van der Waals surface area contributed by atoms with Crippen molar-refractivity contribution in [1.29, 1.82) is 0 Å². The van der Waals surface area contributed by atoms with Crippen molar-refractivity contribution in [1.82, 2.24) is 0 Å². The van der Waals surface area contributed by atoms with Crippen LogP contribution in [-0.2, 0) is 9.59 Å². The highest BCUT2D eigenvalue weighted by Crippen LogP contribution is 2.31. The standard InChI is InChI=1S/C12H9NO5/c1-6-5-9(15)13(11(6)16)7-3-2-4-8(14)10(7)12(17)18/h2-5,14H,1H3,(H,17,18). The van der Waals surface area contributed by atoms with Gasteiger partial charge in [-0.05, 0) is 19.1 Å². The lowest BCUT2D eigenvalue weighted by atomic mass is 10.1. The zero-order valence-electron chi connectivity index (χ0n) is 9.38. The largest absolute Gasteiger partial charge is 0.507 e. The normalized spacial score (nSPS) is 14.9. The van der Waals surface area contributed by atoms with Crippen molar-refractivity contribution in [3.63, 3.8) is 0 Å². The van der Waals surface area contributed by atoms with Crippen molar-refractivity contribution in [2.75, 3.05) is 4.90 Å². The number of hydrogen-bond donors (Lipinski definition) is 2. The molecule has 1 aliphatic heterocycles. The molecule has 0 fully saturated rings. The molecule has 1 heterocycles. The Kier molecular flexibility index (Phi) is 2.63. The number of hydrogen-bond acceptors (Lipinski definition) is 4. The van der Waals surface area contributed by atoms with E-state index in [2.05, 4.69) is 0 Å². The summed E-state index contributed by atoms with van der Waals surface area (Å²) in [5.41, 5.74) is -0.382. The van der Waals surface area contributed by atoms with Gasteiger partial charge in [0.25, 0.3) is 11.8 Å². The predicted octanol–water partition coefficient (Wildman–Crippen LogP) is 0.910. The molecule has 1 aromatic carbocycles. The van der Waals surface area contributed by atoms with E-state index in [1.54, 1.807) is 0 Å². The minimum absolute atomic E-state index is 0.134. The monoisotopic (exact) mass is 247 g/mol. The van der Waals surface area contributed by atoms with E-state index in [0.717, 1.165) is 11.0 Å². The molecule has 0 atom stereocenters. The number of carbonyl (C=O) groups excluding carboxylic acids is 2. The van der Waals surface area contributed by atoms with E-state index in [1.807, 2.05) is 0 Å². The second kappa shape index (κ2) is 3.99. The average Bonchev–Trinajstić information content (AvgIpc) is 2.52. The Hall–Kier alpha value is -2.63. The van der Waals surface area contributed by atoms with Crippen LogP contribution in [0.5, 0.6) is 5.75 Å². The van der Waals surface area contributed by atoms with Gasteiger partial charge in [-0.1, -0.05) is 6.07 Å². The Balaban J connectivity index is 2.60. The zero-order chi connectivity index (χ0) is 13.4. The van der Waals surface area contributed by atoms with Crippen LogP contribution in [0.4, 0.5) is 5.69 Å². The summed E-state index contributed by atoms with van der Waals surface area (Å²) < 4.78 is 0. The number of carbonyl (C=O) groups is 3. The molecule has 0 bridgehead atoms. The summed E-state index contributed by atoms with van der Waals surface area (Å²) in [4.78, 5) is 35.2. The summed E-state index contributed by atoms with van der Waals surface area (Å²) in [5, 5.41) is 18.5. The Morgan fingerprint density at radius 1 is 1.28 bits per heavy atom. The number of anilines is 1. The number of nitrogens with zero attached hydrogens (tertiary/aromatic N) is 1. The molecular formula is C12H9NO5. The van der Waals surface area contributed by atoms with Crippen LogP contribution in [0.3, 0.4) is 0 Å². The smallest absolute Gasteiger partial charge is 0.341 e. The molecule has 6 nitrogen and oxygen atoms in total. The third-order valence-corrected chi connectivity index (χ3v) is 2.58. The first-order valence-corrected chi connectivity index (χ1v) is 5.05. The number of phenols is 1. The molecule has 6 heteroatoms. The molecule has 0 aliphatic carbocycles. The summed E-state index contributed by atoms with van der Waals surface area (Å²) in [5.74, 6) is -3.11. The number of carboxylic acid groups (broad SMARTS) is 1. The van der Waals surface area contributed by atoms with E-state index < -0.39 is 29.1 Å². The first-order chi connectivity index (χ1) is 8.43. The highest BCUT2D eigenvalue weighted by Gasteiger charge is 2.33. The van der Waals surface area contributed by atoms with Crippen molar-refractivity contribution in [3.8, 4) is 5.75 Å². The lowest BCUT2D eigenvalue weighted by Gasteiger charge is -2.17. The fraction of sp³-hybridized carbons (Fsp3) is 0.0833. The van der Waals surface area contributed by atoms with Gasteiger partial charge in [0.15, 0.2) is 0 Å². The lowest BCUT2D eigenvalue weighted by molar-refractivity contribution is -0.120. The second-order valence-electron chi connectivity index (χ2n) is 3.78. The molecule has 2 rings (SSSR count). The number of rotatable bonds is 2. The third kappa shape index (κ3) is 1.64. The second-order valence-corrected chi connectivity index (χ2v) is 3.78. The Morgan fingerprint density at radius 3 is 2.44 bits per heavy atom. The van der Waals surface area contributed by atoms with Gasteiger partial charge in [0.1, 0.15) is 11.3 Å². The molecule has 2 N–H and O–H groups in total. The number of carboxylic acids is 1. The van der Waals surface area contributed by atoms with Gasteiger partial charge in [-0.2, -0.15) is 0 Å². The Labute approximate surface area is 102 Å². The highest BCUT2D eigenvalue weighted by molar-refractivity contribution is 6.31. The van der Waals surface area contributed by atoms with Crippen molar-refractivity contribution in [2.24, 2.45) is 0 Å². The molecular weight excluding hydrogens is 238 g/mol. The SMILES string of the molecule is CC1=CC(=O)N(c2cccc(O)c2C(=O)O)C1=O. The van der Waals surface area contributed by atoms with Gasteiger partial charge in [-0.25, -0.2) is 9.69 Å². The van der Waals surface area contributed by atoms with Gasteiger partial charge < -0.3 is 10.2 Å². The summed E-state index contributed by atoms with van der Waals surface area (Å²) in [6.07, 6.45) is 1.12. The van der Waals surface area contributed by atoms with Crippen molar-refractivity contribution >= 4 is 23.5 Å². The Morgan fingerprint density at radius 2 is 1.94 bits per heavy atom. The molecule has 18 heavy (non-hydrogen) atoms. The van der Waals surface area contributed by atoms with Crippen LogP contribution in [-0.4, -0.2) is 28.0 Å². The predicted molar refractivity (Wildman–Crippen MR) is 61.3 cm³/mol. The van der Waals surface area contributed by atoms with E-state index in [4.69, 9.17) is 5.11 Å². The summed E-state index contributed by atoms with van der Waals surface area (Å²) in [6, 6.07) is 3.84. The summed E-state index contributed by atoms with van der Waals surface area (Å²) in [7, 11) is 0. The van der Waals surface area contributed by atoms with Crippen LogP contribution in [0.15, 0.2) is 29.8 Å². The summed E-state index contributed by atoms with van der Waals surface area (Å²) >= 11 is 0. The van der Waals surface area contributed by atoms with Crippen LogP contribution in [0.1, 0.15) is 17.3 Å². The van der Waals surface area contributed by atoms with Crippen molar-refractivity contribution < 1.29 is 24.6 Å². The first kappa shape index (κ1) is 11.8. The molecule has 1 aromatic rings. The van der Waals surface area contributed by atoms with Crippen LogP contribution < -0.4 is 4.90 Å². The maximum atomic E-state index is 11.8. The fourth-order valence-corrected chi connectivity index (χ4v) is 1.75. The van der Waals surface area contributed by atoms with Gasteiger partial charge in [-0.15, -0.1) is 0 Å². The zero-order valence-corrected chi connectivity index (χ0v) is 9.38. The molecule has 0 spiro atoms. The number of benzene rings is 1. The van der Waals surface area contributed by atoms with Gasteiger partial charge in [0.05, 0.1) is 5.69 Å². The number of aromatic carboxylic acids is 1. The topological polar surface area (TPSA) is 94.9 Å². The molecule has 0 aromatic heterocycles. The van der Waals surface area contributed by atoms with Crippen LogP contribution in [0, 0.1) is 0 Å². The van der Waals surface area contributed by atoms with Crippen LogP contribution >= 0.6 is 0 Å². The maximum Gasteiger partial charge on any atom is 0.341 e. The van der Waals surface area contributed by atoms with Crippen LogP contribution in [0.2, 0.25) is 0 Å².